The standard InChI is InChI=1S/C25H25BrN4O4/c1-4-12-33-24(31)22-16(3)29-25-27-15-28-30(25)23(22)18-8-11-20(21(13-18)32-5-2)34-14-17-6-9-19(26)10-7-17/h4,6-11,13,15,23H,1,5,12,14H2,2-3H3,(H,27,28,29). The number of rotatable bonds is 9. The summed E-state index contributed by atoms with van der Waals surface area (Å²) in [6.07, 6.45) is 2.98. The molecule has 0 saturated carbocycles. The molecule has 1 unspecified atom stereocenters. The lowest BCUT2D eigenvalue weighted by atomic mass is 9.95. The van der Waals surface area contributed by atoms with Gasteiger partial charge in [-0.15, -0.1) is 0 Å². The molecule has 0 fully saturated rings. The van der Waals surface area contributed by atoms with Crippen LogP contribution in [0.25, 0.3) is 0 Å². The van der Waals surface area contributed by atoms with Crippen LogP contribution in [-0.2, 0) is 16.1 Å². The number of allylic oxidation sites excluding steroid dienone is 1. The Labute approximate surface area is 206 Å². The van der Waals surface area contributed by atoms with Crippen molar-refractivity contribution >= 4 is 27.8 Å². The van der Waals surface area contributed by atoms with Crippen molar-refractivity contribution < 1.29 is 19.0 Å². The predicted molar refractivity (Wildman–Crippen MR) is 132 cm³/mol. The van der Waals surface area contributed by atoms with Gasteiger partial charge in [-0.3, -0.25) is 0 Å². The Bertz CT molecular complexity index is 1220. The SMILES string of the molecule is C=CCOC(=O)C1=C(C)Nc2ncnn2C1c1ccc(OCc2ccc(Br)cc2)c(OCC)c1. The molecule has 8 nitrogen and oxygen atoms in total. The quantitative estimate of drug-likeness (QED) is 0.310. The first-order valence-corrected chi connectivity index (χ1v) is 11.6. The minimum absolute atomic E-state index is 0.111. The fraction of sp³-hybridized carbons (Fsp3) is 0.240. The normalized spacial score (nSPS) is 14.7. The highest BCUT2D eigenvalue weighted by atomic mass is 79.9. The number of nitrogens with zero attached hydrogens (tertiary/aromatic N) is 3. The molecule has 2 heterocycles. The van der Waals surface area contributed by atoms with E-state index in [2.05, 4.69) is 37.9 Å². The zero-order chi connectivity index (χ0) is 24.1. The van der Waals surface area contributed by atoms with Crippen LogP contribution < -0.4 is 14.8 Å². The summed E-state index contributed by atoms with van der Waals surface area (Å²) in [6.45, 7) is 8.31. The summed E-state index contributed by atoms with van der Waals surface area (Å²) in [7, 11) is 0. The van der Waals surface area contributed by atoms with Crippen molar-refractivity contribution in [3.63, 3.8) is 0 Å². The largest absolute Gasteiger partial charge is 0.490 e. The van der Waals surface area contributed by atoms with Crippen molar-refractivity contribution in [2.75, 3.05) is 18.5 Å². The van der Waals surface area contributed by atoms with E-state index >= 15 is 0 Å². The molecular weight excluding hydrogens is 500 g/mol. The molecule has 1 atom stereocenters. The van der Waals surface area contributed by atoms with Gasteiger partial charge in [0.2, 0.25) is 5.95 Å². The lowest BCUT2D eigenvalue weighted by Crippen LogP contribution is -2.29. The van der Waals surface area contributed by atoms with Crippen LogP contribution in [0.2, 0.25) is 0 Å². The topological polar surface area (TPSA) is 87.5 Å². The number of carbonyl (C=O) groups excluding carboxylic acids is 1. The molecule has 1 aliphatic rings. The van der Waals surface area contributed by atoms with E-state index in [0.29, 0.717) is 41.9 Å². The summed E-state index contributed by atoms with van der Waals surface area (Å²) in [4.78, 5) is 17.2. The molecule has 34 heavy (non-hydrogen) atoms. The maximum Gasteiger partial charge on any atom is 0.338 e. The van der Waals surface area contributed by atoms with Crippen molar-refractivity contribution in [3.05, 3.63) is 88.3 Å². The van der Waals surface area contributed by atoms with Crippen molar-refractivity contribution in [1.82, 2.24) is 14.8 Å². The van der Waals surface area contributed by atoms with E-state index in [-0.39, 0.29) is 6.61 Å². The van der Waals surface area contributed by atoms with Crippen LogP contribution in [0.3, 0.4) is 0 Å². The Hall–Kier alpha value is -3.59. The molecule has 0 bridgehead atoms. The van der Waals surface area contributed by atoms with Crippen molar-refractivity contribution in [3.8, 4) is 11.5 Å². The van der Waals surface area contributed by atoms with E-state index in [1.807, 2.05) is 56.3 Å². The highest BCUT2D eigenvalue weighted by Crippen LogP contribution is 2.39. The van der Waals surface area contributed by atoms with Crippen LogP contribution in [-0.4, -0.2) is 33.9 Å². The van der Waals surface area contributed by atoms with Gasteiger partial charge >= 0.3 is 5.97 Å². The van der Waals surface area contributed by atoms with Crippen LogP contribution in [0.15, 0.2) is 77.2 Å². The number of aromatic nitrogens is 3. The number of benzene rings is 2. The molecule has 2 aromatic carbocycles. The zero-order valence-corrected chi connectivity index (χ0v) is 20.5. The number of hydrogen-bond donors (Lipinski definition) is 1. The van der Waals surface area contributed by atoms with Gasteiger partial charge in [0.05, 0.1) is 12.2 Å². The predicted octanol–water partition coefficient (Wildman–Crippen LogP) is 5.04. The third-order valence-electron chi connectivity index (χ3n) is 5.24. The van der Waals surface area contributed by atoms with E-state index in [1.54, 1.807) is 4.68 Å². The van der Waals surface area contributed by atoms with Crippen LogP contribution in [0.1, 0.15) is 31.0 Å². The van der Waals surface area contributed by atoms with Gasteiger partial charge in [-0.25, -0.2) is 9.48 Å². The molecule has 0 radical (unpaired) electrons. The molecule has 0 saturated heterocycles. The summed E-state index contributed by atoms with van der Waals surface area (Å²) in [5.74, 6) is 1.27. The van der Waals surface area contributed by atoms with Crippen LogP contribution in [0.5, 0.6) is 11.5 Å². The molecule has 9 heteroatoms. The second-order valence-electron chi connectivity index (χ2n) is 7.54. The summed E-state index contributed by atoms with van der Waals surface area (Å²) in [5, 5.41) is 7.47. The fourth-order valence-corrected chi connectivity index (χ4v) is 3.96. The highest BCUT2D eigenvalue weighted by Gasteiger charge is 2.34. The van der Waals surface area contributed by atoms with E-state index < -0.39 is 12.0 Å². The van der Waals surface area contributed by atoms with Crippen LogP contribution >= 0.6 is 15.9 Å². The minimum atomic E-state index is -0.546. The molecular formula is C25H25BrN4O4. The molecule has 1 aromatic heterocycles. The number of nitrogens with one attached hydrogen (secondary N) is 1. The first-order valence-electron chi connectivity index (χ1n) is 10.8. The Kier molecular flexibility index (Phi) is 7.32. The summed E-state index contributed by atoms with van der Waals surface area (Å²) in [5.41, 5.74) is 2.91. The van der Waals surface area contributed by atoms with Crippen LogP contribution in [0, 0.1) is 0 Å². The lowest BCUT2D eigenvalue weighted by Gasteiger charge is -2.28. The Morgan fingerprint density at radius 2 is 2.00 bits per heavy atom. The molecule has 0 amide bonds. The van der Waals surface area contributed by atoms with Crippen molar-refractivity contribution in [2.24, 2.45) is 0 Å². The van der Waals surface area contributed by atoms with Crippen molar-refractivity contribution in [2.45, 2.75) is 26.5 Å². The Morgan fingerprint density at radius 1 is 1.21 bits per heavy atom. The zero-order valence-electron chi connectivity index (χ0n) is 19.0. The van der Waals surface area contributed by atoms with Gasteiger partial charge in [-0.05, 0) is 49.2 Å². The maximum atomic E-state index is 13.0. The second kappa shape index (κ2) is 10.6. The molecule has 3 aromatic rings. The van der Waals surface area contributed by atoms with Gasteiger partial charge in [-0.2, -0.15) is 10.1 Å². The van der Waals surface area contributed by atoms with Gasteiger partial charge in [0, 0.05) is 10.2 Å². The summed E-state index contributed by atoms with van der Waals surface area (Å²) < 4.78 is 20.0. The number of anilines is 1. The fourth-order valence-electron chi connectivity index (χ4n) is 3.70. The number of esters is 1. The molecule has 1 N–H and O–H groups in total. The average molecular weight is 525 g/mol. The van der Waals surface area contributed by atoms with E-state index in [4.69, 9.17) is 14.2 Å². The summed E-state index contributed by atoms with van der Waals surface area (Å²) >= 11 is 3.44. The molecule has 0 aliphatic carbocycles. The van der Waals surface area contributed by atoms with Gasteiger partial charge in [0.1, 0.15) is 25.6 Å². The van der Waals surface area contributed by atoms with Gasteiger partial charge in [0.15, 0.2) is 11.5 Å². The minimum Gasteiger partial charge on any atom is -0.490 e. The Morgan fingerprint density at radius 3 is 2.74 bits per heavy atom. The number of fused-ring (bicyclic) bond motifs is 1. The first-order chi connectivity index (χ1) is 16.5. The molecule has 176 valence electrons. The van der Waals surface area contributed by atoms with Gasteiger partial charge in [-0.1, -0.05) is 46.8 Å². The smallest absolute Gasteiger partial charge is 0.338 e. The van der Waals surface area contributed by atoms with Gasteiger partial charge < -0.3 is 19.5 Å². The third-order valence-corrected chi connectivity index (χ3v) is 5.77. The first kappa shape index (κ1) is 23.6. The molecule has 4 rings (SSSR count). The molecule has 0 spiro atoms. The maximum absolute atomic E-state index is 13.0. The van der Waals surface area contributed by atoms with Gasteiger partial charge in [0.25, 0.3) is 0 Å². The monoisotopic (exact) mass is 524 g/mol. The number of hydrogen-bond acceptors (Lipinski definition) is 7. The second-order valence-corrected chi connectivity index (χ2v) is 8.45. The van der Waals surface area contributed by atoms with Crippen molar-refractivity contribution in [1.29, 1.82) is 0 Å². The average Bonchev–Trinajstić information content (AvgIpc) is 3.30. The highest BCUT2D eigenvalue weighted by molar-refractivity contribution is 9.10. The van der Waals surface area contributed by atoms with Crippen LogP contribution in [0.4, 0.5) is 5.95 Å². The third kappa shape index (κ3) is 4.99. The Balaban J connectivity index is 1.68. The van der Waals surface area contributed by atoms with E-state index in [9.17, 15) is 4.79 Å². The lowest BCUT2D eigenvalue weighted by molar-refractivity contribution is -0.138. The van der Waals surface area contributed by atoms with E-state index in [0.717, 1.165) is 15.6 Å². The number of carbonyl (C=O) groups is 1. The van der Waals surface area contributed by atoms with E-state index in [1.165, 1.54) is 12.4 Å². The number of halogens is 1. The molecule has 1 aliphatic heterocycles. The summed E-state index contributed by atoms with van der Waals surface area (Å²) in [6, 6.07) is 13.0. The number of ether oxygens (including phenoxy) is 3.